The Kier molecular flexibility index (Phi) is 2.90. The highest BCUT2D eigenvalue weighted by molar-refractivity contribution is 7.22. The third-order valence-electron chi connectivity index (χ3n) is 2.63. The van der Waals surface area contributed by atoms with E-state index in [4.69, 9.17) is 0 Å². The van der Waals surface area contributed by atoms with E-state index in [1.165, 1.54) is 0 Å². The van der Waals surface area contributed by atoms with E-state index < -0.39 is 0 Å². The Balaban J connectivity index is 1.86. The van der Waals surface area contributed by atoms with Crippen molar-refractivity contribution in [2.24, 2.45) is 0 Å². The summed E-state index contributed by atoms with van der Waals surface area (Å²) in [6.07, 6.45) is 4.62. The third-order valence-corrected chi connectivity index (χ3v) is 3.58. The number of aromatic nitrogens is 3. The largest absolute Gasteiger partial charge is 0.300 e. The second-order valence-electron chi connectivity index (χ2n) is 3.88. The second kappa shape index (κ2) is 4.70. The van der Waals surface area contributed by atoms with E-state index in [9.17, 15) is 0 Å². The van der Waals surface area contributed by atoms with Crippen molar-refractivity contribution < 1.29 is 0 Å². The SMILES string of the molecule is CCc1cnc(Nc2nc3ccccc3s2)nc1. The van der Waals surface area contributed by atoms with Gasteiger partial charge in [-0.05, 0) is 24.1 Å². The van der Waals surface area contributed by atoms with Crippen LogP contribution in [0.5, 0.6) is 0 Å². The van der Waals surface area contributed by atoms with Crippen LogP contribution in [-0.2, 0) is 6.42 Å². The Morgan fingerprint density at radius 3 is 2.67 bits per heavy atom. The summed E-state index contributed by atoms with van der Waals surface area (Å²) in [7, 11) is 0. The first-order chi connectivity index (χ1) is 8.85. The molecule has 3 rings (SSSR count). The first kappa shape index (κ1) is 11.1. The minimum Gasteiger partial charge on any atom is -0.300 e. The molecule has 5 heteroatoms. The molecule has 0 unspecified atom stereocenters. The van der Waals surface area contributed by atoms with Crippen molar-refractivity contribution in [2.45, 2.75) is 13.3 Å². The van der Waals surface area contributed by atoms with Gasteiger partial charge in [-0.3, -0.25) is 0 Å². The van der Waals surface area contributed by atoms with Gasteiger partial charge in [-0.15, -0.1) is 0 Å². The van der Waals surface area contributed by atoms with Crippen LogP contribution in [-0.4, -0.2) is 15.0 Å². The monoisotopic (exact) mass is 256 g/mol. The number of hydrogen-bond acceptors (Lipinski definition) is 5. The van der Waals surface area contributed by atoms with Gasteiger partial charge in [-0.25, -0.2) is 15.0 Å². The van der Waals surface area contributed by atoms with Crippen LogP contribution in [0, 0.1) is 0 Å². The highest BCUT2D eigenvalue weighted by Crippen LogP contribution is 2.26. The van der Waals surface area contributed by atoms with Gasteiger partial charge < -0.3 is 5.32 Å². The predicted molar refractivity (Wildman–Crippen MR) is 74.3 cm³/mol. The lowest BCUT2D eigenvalue weighted by atomic mass is 10.3. The molecular formula is C13H12N4S. The van der Waals surface area contributed by atoms with Crippen molar-refractivity contribution >= 4 is 32.6 Å². The number of benzene rings is 1. The van der Waals surface area contributed by atoms with Gasteiger partial charge in [-0.2, -0.15) is 0 Å². The molecule has 0 saturated carbocycles. The van der Waals surface area contributed by atoms with Gasteiger partial charge in [0.25, 0.3) is 0 Å². The van der Waals surface area contributed by atoms with Crippen molar-refractivity contribution in [1.29, 1.82) is 0 Å². The summed E-state index contributed by atoms with van der Waals surface area (Å²) >= 11 is 1.60. The number of hydrogen-bond donors (Lipinski definition) is 1. The maximum atomic E-state index is 4.48. The van der Waals surface area contributed by atoms with Crippen LogP contribution in [0.4, 0.5) is 11.1 Å². The van der Waals surface area contributed by atoms with E-state index >= 15 is 0 Å². The van der Waals surface area contributed by atoms with E-state index in [0.717, 1.165) is 27.3 Å². The standard InChI is InChI=1S/C13H12N4S/c1-2-9-7-14-12(15-8-9)17-13-16-10-5-3-4-6-11(10)18-13/h3-8H,2H2,1H3,(H,14,15,16,17). The van der Waals surface area contributed by atoms with Crippen LogP contribution >= 0.6 is 11.3 Å². The number of thiazole rings is 1. The lowest BCUT2D eigenvalue weighted by Crippen LogP contribution is -1.96. The van der Waals surface area contributed by atoms with E-state index in [-0.39, 0.29) is 0 Å². The van der Waals surface area contributed by atoms with Gasteiger partial charge in [0.05, 0.1) is 10.2 Å². The first-order valence-corrected chi connectivity index (χ1v) is 6.60. The number of nitrogens with zero attached hydrogens (tertiary/aromatic N) is 3. The molecule has 90 valence electrons. The summed E-state index contributed by atoms with van der Waals surface area (Å²) in [6, 6.07) is 8.05. The second-order valence-corrected chi connectivity index (χ2v) is 4.91. The topological polar surface area (TPSA) is 50.7 Å². The molecule has 1 N–H and O–H groups in total. The number of fused-ring (bicyclic) bond motifs is 1. The molecule has 0 bridgehead atoms. The number of nitrogens with one attached hydrogen (secondary N) is 1. The summed E-state index contributed by atoms with van der Waals surface area (Å²) in [5, 5.41) is 3.95. The van der Waals surface area contributed by atoms with Crippen LogP contribution in [0.3, 0.4) is 0 Å². The number of rotatable bonds is 3. The highest BCUT2D eigenvalue weighted by atomic mass is 32.1. The van der Waals surface area contributed by atoms with Crippen LogP contribution in [0.2, 0.25) is 0 Å². The zero-order valence-electron chi connectivity index (χ0n) is 9.92. The van der Waals surface area contributed by atoms with Crippen molar-refractivity contribution in [1.82, 2.24) is 15.0 Å². The summed E-state index contributed by atoms with van der Waals surface area (Å²) < 4.78 is 1.16. The molecule has 0 aliphatic heterocycles. The fraction of sp³-hybridized carbons (Fsp3) is 0.154. The summed E-state index contributed by atoms with van der Waals surface area (Å²) in [6.45, 7) is 2.08. The Hall–Kier alpha value is -2.01. The van der Waals surface area contributed by atoms with Crippen molar-refractivity contribution in [3.8, 4) is 0 Å². The van der Waals surface area contributed by atoms with E-state index in [2.05, 4.69) is 33.3 Å². The Labute approximate surface area is 109 Å². The molecule has 4 nitrogen and oxygen atoms in total. The Morgan fingerprint density at radius 1 is 1.17 bits per heavy atom. The maximum absolute atomic E-state index is 4.48. The molecule has 0 aliphatic carbocycles. The zero-order chi connectivity index (χ0) is 12.4. The quantitative estimate of drug-likeness (QED) is 0.780. The maximum Gasteiger partial charge on any atom is 0.228 e. The fourth-order valence-corrected chi connectivity index (χ4v) is 2.48. The van der Waals surface area contributed by atoms with Gasteiger partial charge in [0.15, 0.2) is 5.13 Å². The van der Waals surface area contributed by atoms with Gasteiger partial charge >= 0.3 is 0 Å². The molecule has 18 heavy (non-hydrogen) atoms. The molecular weight excluding hydrogens is 244 g/mol. The van der Waals surface area contributed by atoms with Crippen LogP contribution in [0.15, 0.2) is 36.7 Å². The summed E-state index contributed by atoms with van der Waals surface area (Å²) in [5.41, 5.74) is 2.13. The average Bonchev–Trinajstić information content (AvgIpc) is 2.82. The van der Waals surface area contributed by atoms with Crippen molar-refractivity contribution in [2.75, 3.05) is 5.32 Å². The van der Waals surface area contributed by atoms with Crippen LogP contribution in [0.25, 0.3) is 10.2 Å². The smallest absolute Gasteiger partial charge is 0.228 e. The zero-order valence-corrected chi connectivity index (χ0v) is 10.7. The minimum atomic E-state index is 0.589. The van der Waals surface area contributed by atoms with Crippen molar-refractivity contribution in [3.63, 3.8) is 0 Å². The molecule has 0 spiro atoms. The highest BCUT2D eigenvalue weighted by Gasteiger charge is 2.04. The molecule has 2 heterocycles. The number of aryl methyl sites for hydroxylation is 1. The molecule has 0 aliphatic rings. The van der Waals surface area contributed by atoms with E-state index in [1.807, 2.05) is 30.6 Å². The average molecular weight is 256 g/mol. The molecule has 0 atom stereocenters. The third kappa shape index (κ3) is 2.17. The van der Waals surface area contributed by atoms with Gasteiger partial charge in [0.1, 0.15) is 0 Å². The van der Waals surface area contributed by atoms with Crippen LogP contribution in [0.1, 0.15) is 12.5 Å². The van der Waals surface area contributed by atoms with Crippen molar-refractivity contribution in [3.05, 3.63) is 42.2 Å². The minimum absolute atomic E-state index is 0.589. The Morgan fingerprint density at radius 2 is 1.94 bits per heavy atom. The molecule has 0 radical (unpaired) electrons. The number of para-hydroxylation sites is 1. The van der Waals surface area contributed by atoms with E-state index in [1.54, 1.807) is 11.3 Å². The molecule has 1 aromatic carbocycles. The van der Waals surface area contributed by atoms with Gasteiger partial charge in [0, 0.05) is 12.4 Å². The fourth-order valence-electron chi connectivity index (χ4n) is 1.62. The van der Waals surface area contributed by atoms with Gasteiger partial charge in [-0.1, -0.05) is 30.4 Å². The van der Waals surface area contributed by atoms with E-state index in [0.29, 0.717) is 5.95 Å². The number of anilines is 2. The normalized spacial score (nSPS) is 10.7. The molecule has 0 fully saturated rings. The first-order valence-electron chi connectivity index (χ1n) is 5.78. The Bertz CT molecular complexity index is 627. The lowest BCUT2D eigenvalue weighted by Gasteiger charge is -2.00. The summed E-state index contributed by atoms with van der Waals surface area (Å²) in [5.74, 6) is 0.589. The van der Waals surface area contributed by atoms with Gasteiger partial charge in [0.2, 0.25) is 5.95 Å². The predicted octanol–water partition coefficient (Wildman–Crippen LogP) is 3.39. The lowest BCUT2D eigenvalue weighted by molar-refractivity contribution is 1.05. The van der Waals surface area contributed by atoms with Crippen LogP contribution < -0.4 is 5.32 Å². The molecule has 0 amide bonds. The molecule has 3 aromatic rings. The molecule has 2 aromatic heterocycles. The molecule has 0 saturated heterocycles. The summed E-state index contributed by atoms with van der Waals surface area (Å²) in [4.78, 5) is 13.0.